The van der Waals surface area contributed by atoms with E-state index in [0.29, 0.717) is 17.2 Å². The number of ether oxygens (including phenoxy) is 1. The Morgan fingerprint density at radius 3 is 2.79 bits per heavy atom. The summed E-state index contributed by atoms with van der Waals surface area (Å²) in [4.78, 5) is 14.3. The number of nitrogens with zero attached hydrogens (tertiary/aromatic N) is 1. The Kier molecular flexibility index (Phi) is 4.82. The van der Waals surface area contributed by atoms with Gasteiger partial charge in [-0.15, -0.1) is 0 Å². The Bertz CT molecular complexity index is 457. The minimum absolute atomic E-state index is 0.0510. The summed E-state index contributed by atoms with van der Waals surface area (Å²) in [6, 6.07) is 5.33. The SMILES string of the molecule is COCC1CCN(C(=O)c2cc(N)ccc2Br)CC1. The molecule has 0 bridgehead atoms. The number of hydrogen-bond donors (Lipinski definition) is 1. The van der Waals surface area contributed by atoms with Crippen LogP contribution in [0.25, 0.3) is 0 Å². The fourth-order valence-corrected chi connectivity index (χ4v) is 2.83. The standard InChI is InChI=1S/C14H19BrN2O2/c1-19-9-10-4-6-17(7-5-10)14(18)12-8-11(16)2-3-13(12)15/h2-3,8,10H,4-7,9,16H2,1H3. The predicted octanol–water partition coefficient (Wildman–Crippen LogP) is 2.53. The molecule has 2 N–H and O–H groups in total. The highest BCUT2D eigenvalue weighted by molar-refractivity contribution is 9.10. The summed E-state index contributed by atoms with van der Waals surface area (Å²) in [5, 5.41) is 0. The molecule has 19 heavy (non-hydrogen) atoms. The highest BCUT2D eigenvalue weighted by Gasteiger charge is 2.24. The van der Waals surface area contributed by atoms with Crippen molar-refractivity contribution in [1.82, 2.24) is 4.90 Å². The molecule has 1 aromatic carbocycles. The molecular weight excluding hydrogens is 308 g/mol. The molecule has 0 radical (unpaired) electrons. The van der Waals surface area contributed by atoms with Crippen LogP contribution in [0.15, 0.2) is 22.7 Å². The molecular formula is C14H19BrN2O2. The molecule has 0 spiro atoms. The number of anilines is 1. The van der Waals surface area contributed by atoms with Gasteiger partial charge in [0.05, 0.1) is 5.56 Å². The summed E-state index contributed by atoms with van der Waals surface area (Å²) in [6.07, 6.45) is 2.00. The molecule has 2 rings (SSSR count). The second-order valence-electron chi connectivity index (χ2n) is 4.93. The number of benzene rings is 1. The van der Waals surface area contributed by atoms with Crippen molar-refractivity contribution in [2.24, 2.45) is 5.92 Å². The number of methoxy groups -OCH3 is 1. The minimum Gasteiger partial charge on any atom is -0.399 e. The van der Waals surface area contributed by atoms with Crippen molar-refractivity contribution in [3.63, 3.8) is 0 Å². The minimum atomic E-state index is 0.0510. The molecule has 0 unspecified atom stereocenters. The molecule has 104 valence electrons. The van der Waals surface area contributed by atoms with Crippen LogP contribution in [0.4, 0.5) is 5.69 Å². The van der Waals surface area contributed by atoms with Gasteiger partial charge in [0.15, 0.2) is 0 Å². The number of halogens is 1. The molecule has 0 saturated carbocycles. The van der Waals surface area contributed by atoms with Gasteiger partial charge in [-0.1, -0.05) is 0 Å². The number of carbonyl (C=O) groups is 1. The monoisotopic (exact) mass is 326 g/mol. The van der Waals surface area contributed by atoms with Gasteiger partial charge in [-0.2, -0.15) is 0 Å². The Morgan fingerprint density at radius 2 is 2.16 bits per heavy atom. The summed E-state index contributed by atoms with van der Waals surface area (Å²) in [6.45, 7) is 2.35. The third-order valence-electron chi connectivity index (χ3n) is 3.52. The van der Waals surface area contributed by atoms with E-state index in [1.165, 1.54) is 0 Å². The Hall–Kier alpha value is -1.07. The maximum atomic E-state index is 12.4. The number of carbonyl (C=O) groups excluding carboxylic acids is 1. The quantitative estimate of drug-likeness (QED) is 0.868. The van der Waals surface area contributed by atoms with Crippen LogP contribution in [-0.4, -0.2) is 37.6 Å². The highest BCUT2D eigenvalue weighted by Crippen LogP contribution is 2.24. The smallest absolute Gasteiger partial charge is 0.255 e. The van der Waals surface area contributed by atoms with E-state index in [4.69, 9.17) is 10.5 Å². The number of nitrogens with two attached hydrogens (primary N) is 1. The molecule has 1 aliphatic rings. The second-order valence-corrected chi connectivity index (χ2v) is 5.78. The lowest BCUT2D eigenvalue weighted by atomic mass is 9.97. The summed E-state index contributed by atoms with van der Waals surface area (Å²) in [7, 11) is 1.72. The maximum Gasteiger partial charge on any atom is 0.255 e. The van der Waals surface area contributed by atoms with E-state index in [1.807, 2.05) is 11.0 Å². The first-order valence-electron chi connectivity index (χ1n) is 6.45. The summed E-state index contributed by atoms with van der Waals surface area (Å²) >= 11 is 3.41. The van der Waals surface area contributed by atoms with Crippen LogP contribution < -0.4 is 5.73 Å². The number of piperidine rings is 1. The number of hydrogen-bond acceptors (Lipinski definition) is 3. The molecule has 4 nitrogen and oxygen atoms in total. The van der Waals surface area contributed by atoms with Crippen molar-refractivity contribution in [2.45, 2.75) is 12.8 Å². The van der Waals surface area contributed by atoms with Gasteiger partial charge in [-0.05, 0) is 52.9 Å². The van der Waals surface area contributed by atoms with Crippen molar-refractivity contribution >= 4 is 27.5 Å². The van der Waals surface area contributed by atoms with E-state index >= 15 is 0 Å². The zero-order valence-electron chi connectivity index (χ0n) is 11.1. The van der Waals surface area contributed by atoms with E-state index in [9.17, 15) is 4.79 Å². The Balaban J connectivity index is 2.03. The fourth-order valence-electron chi connectivity index (χ4n) is 2.42. The van der Waals surface area contributed by atoms with Crippen molar-refractivity contribution < 1.29 is 9.53 Å². The topological polar surface area (TPSA) is 55.6 Å². The average Bonchev–Trinajstić information content (AvgIpc) is 2.42. The van der Waals surface area contributed by atoms with Gasteiger partial charge >= 0.3 is 0 Å². The van der Waals surface area contributed by atoms with E-state index in [0.717, 1.165) is 37.0 Å². The average molecular weight is 327 g/mol. The van der Waals surface area contributed by atoms with Crippen LogP contribution in [0.1, 0.15) is 23.2 Å². The first-order valence-corrected chi connectivity index (χ1v) is 7.24. The zero-order valence-corrected chi connectivity index (χ0v) is 12.6. The summed E-state index contributed by atoms with van der Waals surface area (Å²) in [5.74, 6) is 0.619. The van der Waals surface area contributed by atoms with E-state index in [2.05, 4.69) is 15.9 Å². The van der Waals surface area contributed by atoms with E-state index in [1.54, 1.807) is 19.2 Å². The molecule has 1 heterocycles. The van der Waals surface area contributed by atoms with Crippen LogP contribution in [0.2, 0.25) is 0 Å². The first-order chi connectivity index (χ1) is 9.11. The highest BCUT2D eigenvalue weighted by atomic mass is 79.9. The molecule has 1 saturated heterocycles. The van der Waals surface area contributed by atoms with Crippen molar-refractivity contribution in [3.8, 4) is 0 Å². The van der Waals surface area contributed by atoms with Gasteiger partial charge in [-0.25, -0.2) is 0 Å². The van der Waals surface area contributed by atoms with Crippen molar-refractivity contribution in [3.05, 3.63) is 28.2 Å². The van der Waals surface area contributed by atoms with Crippen LogP contribution >= 0.6 is 15.9 Å². The van der Waals surface area contributed by atoms with E-state index in [-0.39, 0.29) is 5.91 Å². The molecule has 0 atom stereocenters. The predicted molar refractivity (Wildman–Crippen MR) is 79.1 cm³/mol. The van der Waals surface area contributed by atoms with Crippen molar-refractivity contribution in [2.75, 3.05) is 32.5 Å². The van der Waals surface area contributed by atoms with Gasteiger partial charge in [-0.3, -0.25) is 4.79 Å². The summed E-state index contributed by atoms with van der Waals surface area (Å²) in [5.41, 5.74) is 7.00. The van der Waals surface area contributed by atoms with E-state index < -0.39 is 0 Å². The number of likely N-dealkylation sites (tertiary alicyclic amines) is 1. The van der Waals surface area contributed by atoms with Crippen LogP contribution in [0.5, 0.6) is 0 Å². The number of rotatable bonds is 3. The second kappa shape index (κ2) is 6.39. The molecule has 1 amide bonds. The normalized spacial score (nSPS) is 16.6. The van der Waals surface area contributed by atoms with Gasteiger partial charge in [0.1, 0.15) is 0 Å². The van der Waals surface area contributed by atoms with Gasteiger partial charge < -0.3 is 15.4 Å². The molecule has 1 fully saturated rings. The van der Waals surface area contributed by atoms with Gasteiger partial charge in [0.25, 0.3) is 5.91 Å². The lowest BCUT2D eigenvalue weighted by Crippen LogP contribution is -2.39. The van der Waals surface area contributed by atoms with Crippen molar-refractivity contribution in [1.29, 1.82) is 0 Å². The Morgan fingerprint density at radius 1 is 1.47 bits per heavy atom. The largest absolute Gasteiger partial charge is 0.399 e. The number of amides is 1. The Labute approximate surface area is 122 Å². The third-order valence-corrected chi connectivity index (χ3v) is 4.22. The fraction of sp³-hybridized carbons (Fsp3) is 0.500. The van der Waals surface area contributed by atoms with Gasteiger partial charge in [0.2, 0.25) is 0 Å². The first kappa shape index (κ1) is 14.3. The molecule has 1 aromatic rings. The van der Waals surface area contributed by atoms with Crippen LogP contribution in [0, 0.1) is 5.92 Å². The van der Waals surface area contributed by atoms with Crippen LogP contribution in [-0.2, 0) is 4.74 Å². The van der Waals surface area contributed by atoms with Crippen LogP contribution in [0.3, 0.4) is 0 Å². The number of nitrogen functional groups attached to an aromatic ring is 1. The molecule has 0 aromatic heterocycles. The molecule has 1 aliphatic heterocycles. The lowest BCUT2D eigenvalue weighted by molar-refractivity contribution is 0.0613. The molecule has 0 aliphatic carbocycles. The third kappa shape index (κ3) is 3.48. The summed E-state index contributed by atoms with van der Waals surface area (Å²) < 4.78 is 5.97. The maximum absolute atomic E-state index is 12.4. The van der Waals surface area contributed by atoms with Gasteiger partial charge in [0, 0.05) is 37.0 Å². The lowest BCUT2D eigenvalue weighted by Gasteiger charge is -2.32. The molecule has 5 heteroatoms. The zero-order chi connectivity index (χ0) is 13.8.